The van der Waals surface area contributed by atoms with Gasteiger partial charge in [0.15, 0.2) is 11.0 Å². The summed E-state index contributed by atoms with van der Waals surface area (Å²) in [5, 5.41) is 14.6. The lowest BCUT2D eigenvalue weighted by atomic mass is 10.1. The number of thiophene rings is 2. The summed E-state index contributed by atoms with van der Waals surface area (Å²) in [4.78, 5) is 26.5. The Hall–Kier alpha value is -2.17. The topological polar surface area (TPSA) is 86.1 Å². The van der Waals surface area contributed by atoms with Gasteiger partial charge < -0.3 is 14.6 Å². The molecule has 1 N–H and O–H groups in total. The van der Waals surface area contributed by atoms with E-state index in [9.17, 15) is 9.59 Å². The van der Waals surface area contributed by atoms with E-state index >= 15 is 0 Å². The molecular formula is C19H22N4O3S3. The molecule has 0 spiro atoms. The molecule has 0 bridgehead atoms. The van der Waals surface area contributed by atoms with Crippen LogP contribution in [0.3, 0.4) is 0 Å². The highest BCUT2D eigenvalue weighted by Crippen LogP contribution is 2.32. The van der Waals surface area contributed by atoms with E-state index in [1.165, 1.54) is 40.6 Å². The molecule has 0 saturated carbocycles. The van der Waals surface area contributed by atoms with Crippen molar-refractivity contribution >= 4 is 51.3 Å². The van der Waals surface area contributed by atoms with Crippen LogP contribution in [-0.2, 0) is 23.0 Å². The summed E-state index contributed by atoms with van der Waals surface area (Å²) in [6.07, 6.45) is 0.936. The van der Waals surface area contributed by atoms with Gasteiger partial charge >= 0.3 is 5.97 Å². The fraction of sp³-hybridized carbons (Fsp3) is 0.368. The van der Waals surface area contributed by atoms with Crippen LogP contribution >= 0.6 is 34.4 Å². The van der Waals surface area contributed by atoms with Gasteiger partial charge in [0, 0.05) is 27.7 Å². The third kappa shape index (κ3) is 4.54. The van der Waals surface area contributed by atoms with E-state index in [1.807, 2.05) is 18.5 Å². The number of ether oxygens (including phenoxy) is 1. The van der Waals surface area contributed by atoms with Gasteiger partial charge in [0.05, 0.1) is 18.4 Å². The second-order valence-electron chi connectivity index (χ2n) is 6.33. The molecule has 3 heterocycles. The Kier molecular flexibility index (Phi) is 6.76. The molecule has 7 nitrogen and oxygen atoms in total. The van der Waals surface area contributed by atoms with E-state index < -0.39 is 5.97 Å². The Bertz CT molecular complexity index is 1050. The highest BCUT2D eigenvalue weighted by molar-refractivity contribution is 7.99. The summed E-state index contributed by atoms with van der Waals surface area (Å²) in [7, 11) is 3.22. The molecule has 0 unspecified atom stereocenters. The van der Waals surface area contributed by atoms with Crippen molar-refractivity contribution in [2.75, 3.05) is 18.2 Å². The van der Waals surface area contributed by atoms with Gasteiger partial charge in [-0.2, -0.15) is 0 Å². The van der Waals surface area contributed by atoms with Gasteiger partial charge in [-0.1, -0.05) is 18.7 Å². The smallest absolute Gasteiger partial charge is 0.340 e. The first-order valence-electron chi connectivity index (χ1n) is 8.93. The number of anilines is 1. The molecule has 0 atom stereocenters. The maximum Gasteiger partial charge on any atom is 0.340 e. The minimum Gasteiger partial charge on any atom is -0.465 e. The molecule has 154 valence electrons. The molecule has 0 aliphatic carbocycles. The number of hydrogen-bond donors (Lipinski definition) is 1. The summed E-state index contributed by atoms with van der Waals surface area (Å²) in [5.74, 6) is 0.281. The lowest BCUT2D eigenvalue weighted by molar-refractivity contribution is -0.113. The molecule has 29 heavy (non-hydrogen) atoms. The number of nitrogens with zero attached hydrogens (tertiary/aromatic N) is 3. The maximum absolute atomic E-state index is 12.4. The number of carbonyl (C=O) groups is 2. The number of aromatic nitrogens is 3. The minimum absolute atomic E-state index is 0.160. The van der Waals surface area contributed by atoms with Crippen molar-refractivity contribution in [3.63, 3.8) is 0 Å². The number of amides is 1. The molecule has 0 fully saturated rings. The van der Waals surface area contributed by atoms with Crippen LogP contribution in [0, 0.1) is 13.8 Å². The van der Waals surface area contributed by atoms with Crippen LogP contribution in [-0.4, -0.2) is 39.5 Å². The summed E-state index contributed by atoms with van der Waals surface area (Å²) in [5.41, 5.74) is 2.75. The van der Waals surface area contributed by atoms with Crippen LogP contribution in [0.15, 0.2) is 16.6 Å². The van der Waals surface area contributed by atoms with Gasteiger partial charge in [-0.3, -0.25) is 4.79 Å². The summed E-state index contributed by atoms with van der Waals surface area (Å²) >= 11 is 4.36. The average Bonchev–Trinajstić information content (AvgIpc) is 3.36. The van der Waals surface area contributed by atoms with Crippen molar-refractivity contribution in [3.8, 4) is 11.4 Å². The largest absolute Gasteiger partial charge is 0.465 e. The van der Waals surface area contributed by atoms with Crippen LogP contribution in [0.4, 0.5) is 5.00 Å². The van der Waals surface area contributed by atoms with Crippen LogP contribution in [0.1, 0.15) is 32.6 Å². The fourth-order valence-corrected chi connectivity index (χ4v) is 5.51. The number of thioether (sulfide) groups is 1. The first-order valence-corrected chi connectivity index (χ1v) is 11.6. The predicted octanol–water partition coefficient (Wildman–Crippen LogP) is 4.30. The van der Waals surface area contributed by atoms with Crippen LogP contribution in [0.25, 0.3) is 11.4 Å². The Morgan fingerprint density at radius 3 is 2.76 bits per heavy atom. The SMILES string of the molecule is CCc1c(-c2nnc(SCC(=O)Nc3sc(C)cc3C(=O)OC)n2C)csc1C. The van der Waals surface area contributed by atoms with Crippen LogP contribution < -0.4 is 5.32 Å². The molecular weight excluding hydrogens is 428 g/mol. The molecule has 3 aromatic rings. The molecule has 0 saturated heterocycles. The molecule has 1 amide bonds. The van der Waals surface area contributed by atoms with Gasteiger partial charge in [-0.25, -0.2) is 4.79 Å². The predicted molar refractivity (Wildman–Crippen MR) is 118 cm³/mol. The zero-order valence-electron chi connectivity index (χ0n) is 16.9. The highest BCUT2D eigenvalue weighted by atomic mass is 32.2. The highest BCUT2D eigenvalue weighted by Gasteiger charge is 2.19. The lowest BCUT2D eigenvalue weighted by Gasteiger charge is -2.06. The second-order valence-corrected chi connectivity index (χ2v) is 9.61. The first-order chi connectivity index (χ1) is 13.8. The summed E-state index contributed by atoms with van der Waals surface area (Å²) in [6.45, 7) is 6.11. The van der Waals surface area contributed by atoms with Crippen molar-refractivity contribution in [2.24, 2.45) is 7.05 Å². The number of nitrogens with one attached hydrogen (secondary N) is 1. The zero-order valence-corrected chi connectivity index (χ0v) is 19.3. The Morgan fingerprint density at radius 2 is 2.07 bits per heavy atom. The number of hydrogen-bond acceptors (Lipinski definition) is 8. The first kappa shape index (κ1) is 21.5. The molecule has 3 rings (SSSR count). The Balaban J connectivity index is 1.69. The van der Waals surface area contributed by atoms with E-state index in [2.05, 4.69) is 34.7 Å². The Labute approximate surface area is 181 Å². The molecule has 0 radical (unpaired) electrons. The third-order valence-electron chi connectivity index (χ3n) is 4.38. The van der Waals surface area contributed by atoms with Gasteiger partial charge in [-0.15, -0.1) is 32.9 Å². The van der Waals surface area contributed by atoms with E-state index in [0.717, 1.165) is 22.7 Å². The number of methoxy groups -OCH3 is 1. The minimum atomic E-state index is -0.465. The normalized spacial score (nSPS) is 10.9. The average molecular weight is 451 g/mol. The van der Waals surface area contributed by atoms with Gasteiger partial charge in [0.25, 0.3) is 0 Å². The molecule has 10 heteroatoms. The number of rotatable bonds is 7. The quantitative estimate of drug-likeness (QED) is 0.427. The van der Waals surface area contributed by atoms with Gasteiger partial charge in [-0.05, 0) is 31.9 Å². The van der Waals surface area contributed by atoms with Crippen molar-refractivity contribution < 1.29 is 14.3 Å². The van der Waals surface area contributed by atoms with E-state index in [0.29, 0.717) is 15.7 Å². The van der Waals surface area contributed by atoms with Crippen molar-refractivity contribution in [1.82, 2.24) is 14.8 Å². The Morgan fingerprint density at radius 1 is 1.31 bits per heavy atom. The van der Waals surface area contributed by atoms with Gasteiger partial charge in [0.1, 0.15) is 5.00 Å². The van der Waals surface area contributed by atoms with E-state index in [4.69, 9.17) is 4.74 Å². The molecule has 0 aliphatic rings. The molecule has 0 aromatic carbocycles. The van der Waals surface area contributed by atoms with E-state index in [-0.39, 0.29) is 11.7 Å². The lowest BCUT2D eigenvalue weighted by Crippen LogP contribution is -2.16. The molecule has 3 aromatic heterocycles. The second kappa shape index (κ2) is 9.10. The van der Waals surface area contributed by atoms with Crippen LogP contribution in [0.5, 0.6) is 0 Å². The van der Waals surface area contributed by atoms with E-state index in [1.54, 1.807) is 17.4 Å². The van der Waals surface area contributed by atoms with Crippen molar-refractivity contribution in [3.05, 3.63) is 32.3 Å². The van der Waals surface area contributed by atoms with Crippen LogP contribution in [0.2, 0.25) is 0 Å². The van der Waals surface area contributed by atoms with Crippen molar-refractivity contribution in [2.45, 2.75) is 32.3 Å². The summed E-state index contributed by atoms with van der Waals surface area (Å²) in [6, 6.07) is 1.71. The molecule has 0 aliphatic heterocycles. The summed E-state index contributed by atoms with van der Waals surface area (Å²) < 4.78 is 6.68. The fourth-order valence-electron chi connectivity index (χ4n) is 2.94. The van der Waals surface area contributed by atoms with Crippen molar-refractivity contribution in [1.29, 1.82) is 0 Å². The maximum atomic E-state index is 12.4. The zero-order chi connectivity index (χ0) is 21.1. The van der Waals surface area contributed by atoms with Gasteiger partial charge in [0.2, 0.25) is 5.91 Å². The third-order valence-corrected chi connectivity index (χ3v) is 7.32. The number of carbonyl (C=O) groups excluding carboxylic acids is 2. The standard InChI is InChI=1S/C19H22N4O3S3/c1-6-12-11(3)27-8-14(12)16-21-22-19(23(16)4)28-9-15(24)20-17-13(18(25)26-5)7-10(2)29-17/h7-8H,6,9H2,1-5H3,(H,20,24). The monoisotopic (exact) mass is 450 g/mol. The number of esters is 1. The number of aryl methyl sites for hydroxylation is 2.